The molecule has 3 aromatic rings. The fourth-order valence-corrected chi connectivity index (χ4v) is 3.99. The van der Waals surface area contributed by atoms with Crippen molar-refractivity contribution in [3.05, 3.63) is 64.8 Å². The lowest BCUT2D eigenvalue weighted by molar-refractivity contribution is -0.117. The average Bonchev–Trinajstić information content (AvgIpc) is 3.55. The summed E-state index contributed by atoms with van der Waals surface area (Å²) in [7, 11) is 0. The minimum atomic E-state index is -1.05. The van der Waals surface area contributed by atoms with Gasteiger partial charge in [0.05, 0.1) is 5.52 Å². The molecule has 1 saturated carbocycles. The third kappa shape index (κ3) is 5.02. The lowest BCUT2D eigenvalue weighted by Crippen LogP contribution is -2.22. The average molecular weight is 418 g/mol. The van der Waals surface area contributed by atoms with Gasteiger partial charge >= 0.3 is 6.09 Å². The number of hydrogen-bond acceptors (Lipinski definition) is 3. The first-order valence-electron chi connectivity index (χ1n) is 10.7. The Morgan fingerprint density at radius 1 is 1.16 bits per heavy atom. The highest BCUT2D eigenvalue weighted by molar-refractivity contribution is 5.97. The van der Waals surface area contributed by atoms with Crippen LogP contribution in [0.1, 0.15) is 41.6 Å². The molecule has 0 unspecified atom stereocenters. The highest BCUT2D eigenvalue weighted by atomic mass is 16.4. The molecule has 4 N–H and O–H groups in total. The topological polar surface area (TPSA) is 105 Å². The minimum absolute atomic E-state index is 0.203. The van der Waals surface area contributed by atoms with E-state index >= 15 is 0 Å². The number of carbonyl (C=O) groups excluding carboxylic acids is 1. The molecule has 0 atom stereocenters. The molecule has 6 nitrogen and oxygen atoms in total. The molecule has 1 heterocycles. The zero-order valence-corrected chi connectivity index (χ0v) is 17.6. The number of aryl methyl sites for hydroxylation is 2. The van der Waals surface area contributed by atoms with E-state index in [4.69, 9.17) is 10.7 Å². The molecule has 1 aliphatic carbocycles. The van der Waals surface area contributed by atoms with E-state index < -0.39 is 6.09 Å². The van der Waals surface area contributed by atoms with Crippen LogP contribution < -0.4 is 11.1 Å². The first-order valence-corrected chi connectivity index (χ1v) is 10.7. The van der Waals surface area contributed by atoms with E-state index in [0.717, 1.165) is 50.8 Å². The summed E-state index contributed by atoms with van der Waals surface area (Å²) in [5.74, 6) is 0.289. The van der Waals surface area contributed by atoms with E-state index in [-0.39, 0.29) is 18.9 Å². The Morgan fingerprint density at radius 2 is 1.90 bits per heavy atom. The Labute approximate surface area is 181 Å². The van der Waals surface area contributed by atoms with Gasteiger partial charge in [-0.15, -0.1) is 0 Å². The van der Waals surface area contributed by atoms with Gasteiger partial charge in [0.2, 0.25) is 5.91 Å². The van der Waals surface area contributed by atoms with Crippen molar-refractivity contribution < 1.29 is 14.7 Å². The van der Waals surface area contributed by atoms with E-state index in [1.807, 2.05) is 19.1 Å². The van der Waals surface area contributed by atoms with Crippen molar-refractivity contribution in [2.75, 3.05) is 0 Å². The maximum atomic E-state index is 11.3. The lowest BCUT2D eigenvalue weighted by atomic mass is 9.91. The first-order chi connectivity index (χ1) is 14.9. The van der Waals surface area contributed by atoms with E-state index in [2.05, 4.69) is 35.6 Å². The fraction of sp³-hybridized carbons (Fsp3) is 0.320. The fourth-order valence-electron chi connectivity index (χ4n) is 3.99. The van der Waals surface area contributed by atoms with Crippen molar-refractivity contribution in [1.82, 2.24) is 10.3 Å². The van der Waals surface area contributed by atoms with Crippen LogP contribution >= 0.6 is 0 Å². The number of amides is 2. The number of primary amides is 1. The summed E-state index contributed by atoms with van der Waals surface area (Å²) in [4.78, 5) is 27.5. The van der Waals surface area contributed by atoms with Crippen LogP contribution in [0.25, 0.3) is 22.0 Å². The van der Waals surface area contributed by atoms with Crippen LogP contribution in [0, 0.1) is 12.8 Å². The van der Waals surface area contributed by atoms with Crippen molar-refractivity contribution in [2.45, 2.75) is 45.6 Å². The first kappa shape index (κ1) is 20.8. The quantitative estimate of drug-likeness (QED) is 0.507. The van der Waals surface area contributed by atoms with Gasteiger partial charge in [-0.1, -0.05) is 35.9 Å². The number of nitrogens with zero attached hydrogens (tertiary/aromatic N) is 1. The van der Waals surface area contributed by atoms with Crippen molar-refractivity contribution in [1.29, 1.82) is 0 Å². The molecule has 0 bridgehead atoms. The number of pyridine rings is 1. The van der Waals surface area contributed by atoms with E-state index in [0.29, 0.717) is 12.3 Å². The Morgan fingerprint density at radius 3 is 2.55 bits per heavy atom. The van der Waals surface area contributed by atoms with E-state index in [1.165, 1.54) is 12.8 Å². The summed E-state index contributed by atoms with van der Waals surface area (Å²) in [5, 5.41) is 12.8. The standard InChI is InChI=1S/C25H27N3O3/c1-15-2-8-18(9-3-15)24-19-12-16(7-11-23(26)29)6-10-21(19)28-22(13-17-4-5-17)20(24)14-27-25(30)31/h2-3,6,8-10,12,17,27H,4-5,7,11,13-14H2,1H3,(H2,26,29)(H,30,31). The Hall–Kier alpha value is -3.41. The third-order valence-electron chi connectivity index (χ3n) is 5.83. The van der Waals surface area contributed by atoms with Gasteiger partial charge in [-0.3, -0.25) is 9.78 Å². The highest BCUT2D eigenvalue weighted by Gasteiger charge is 2.26. The van der Waals surface area contributed by atoms with Crippen LogP contribution in [0.15, 0.2) is 42.5 Å². The maximum Gasteiger partial charge on any atom is 0.404 e. The molecular weight excluding hydrogens is 390 g/mol. The van der Waals surface area contributed by atoms with Crippen molar-refractivity contribution in [3.8, 4) is 11.1 Å². The zero-order chi connectivity index (χ0) is 22.0. The molecule has 1 fully saturated rings. The molecule has 31 heavy (non-hydrogen) atoms. The zero-order valence-electron chi connectivity index (χ0n) is 17.6. The van der Waals surface area contributed by atoms with Crippen LogP contribution in [0.4, 0.5) is 4.79 Å². The van der Waals surface area contributed by atoms with Crippen molar-refractivity contribution in [2.24, 2.45) is 11.7 Å². The molecule has 0 saturated heterocycles. The van der Waals surface area contributed by atoms with E-state index in [1.54, 1.807) is 0 Å². The predicted molar refractivity (Wildman–Crippen MR) is 121 cm³/mol. The van der Waals surface area contributed by atoms with Gasteiger partial charge in [0, 0.05) is 29.6 Å². The summed E-state index contributed by atoms with van der Waals surface area (Å²) in [6, 6.07) is 14.3. The van der Waals surface area contributed by atoms with Crippen LogP contribution in [0.3, 0.4) is 0 Å². The van der Waals surface area contributed by atoms with Gasteiger partial charge < -0.3 is 16.2 Å². The molecule has 0 spiro atoms. The molecule has 0 radical (unpaired) electrons. The third-order valence-corrected chi connectivity index (χ3v) is 5.83. The van der Waals surface area contributed by atoms with Gasteiger partial charge in [0.1, 0.15) is 0 Å². The van der Waals surface area contributed by atoms with Crippen molar-refractivity contribution >= 4 is 22.9 Å². The van der Waals surface area contributed by atoms with Gasteiger partial charge in [-0.05, 0) is 67.3 Å². The molecule has 2 amide bonds. The smallest absolute Gasteiger partial charge is 0.404 e. The molecule has 160 valence electrons. The number of carboxylic acid groups (broad SMARTS) is 1. The molecule has 0 aliphatic heterocycles. The molecule has 1 aliphatic rings. The van der Waals surface area contributed by atoms with Gasteiger partial charge in [-0.25, -0.2) is 4.79 Å². The van der Waals surface area contributed by atoms with Crippen molar-refractivity contribution in [3.63, 3.8) is 0 Å². The van der Waals surface area contributed by atoms with Crippen LogP contribution in [0.2, 0.25) is 0 Å². The van der Waals surface area contributed by atoms with Crippen LogP contribution in [-0.4, -0.2) is 22.1 Å². The monoisotopic (exact) mass is 417 g/mol. The number of nitrogens with two attached hydrogens (primary N) is 1. The SMILES string of the molecule is Cc1ccc(-c2c(CNC(=O)O)c(CC3CC3)nc3ccc(CCC(N)=O)cc23)cc1. The summed E-state index contributed by atoms with van der Waals surface area (Å²) >= 11 is 0. The molecule has 6 heteroatoms. The normalized spacial score (nSPS) is 13.3. The maximum absolute atomic E-state index is 11.3. The second kappa shape index (κ2) is 8.76. The van der Waals surface area contributed by atoms with Gasteiger partial charge in [0.15, 0.2) is 0 Å². The molecule has 1 aromatic heterocycles. The predicted octanol–water partition coefficient (Wildman–Crippen LogP) is 4.35. The number of carbonyl (C=O) groups is 2. The second-order valence-corrected chi connectivity index (χ2v) is 8.40. The Kier molecular flexibility index (Phi) is 5.89. The van der Waals surface area contributed by atoms with Crippen LogP contribution in [0.5, 0.6) is 0 Å². The number of rotatable bonds is 8. The number of benzene rings is 2. The minimum Gasteiger partial charge on any atom is -0.465 e. The lowest BCUT2D eigenvalue weighted by Gasteiger charge is -2.19. The second-order valence-electron chi connectivity index (χ2n) is 8.40. The Balaban J connectivity index is 1.92. The largest absolute Gasteiger partial charge is 0.465 e. The number of nitrogens with one attached hydrogen (secondary N) is 1. The molecule has 2 aromatic carbocycles. The van der Waals surface area contributed by atoms with E-state index in [9.17, 15) is 14.7 Å². The summed E-state index contributed by atoms with van der Waals surface area (Å²) in [5.41, 5.74) is 12.3. The summed E-state index contributed by atoms with van der Waals surface area (Å²) in [6.07, 6.45) is 3.03. The number of hydrogen-bond donors (Lipinski definition) is 3. The van der Waals surface area contributed by atoms with Crippen LogP contribution in [-0.2, 0) is 24.2 Å². The number of fused-ring (bicyclic) bond motifs is 1. The highest BCUT2D eigenvalue weighted by Crippen LogP contribution is 2.38. The summed E-state index contributed by atoms with van der Waals surface area (Å²) in [6.45, 7) is 2.25. The Bertz CT molecular complexity index is 1130. The molecular formula is C25H27N3O3. The van der Waals surface area contributed by atoms with Gasteiger partial charge in [0.25, 0.3) is 0 Å². The summed E-state index contributed by atoms with van der Waals surface area (Å²) < 4.78 is 0. The van der Waals surface area contributed by atoms with Gasteiger partial charge in [-0.2, -0.15) is 0 Å². The molecule has 4 rings (SSSR count). The number of aromatic nitrogens is 1.